The van der Waals surface area contributed by atoms with Crippen molar-refractivity contribution in [2.75, 3.05) is 6.61 Å². The van der Waals surface area contributed by atoms with Crippen LogP contribution in [0.25, 0.3) is 16.7 Å². The van der Waals surface area contributed by atoms with Crippen molar-refractivity contribution in [3.8, 4) is 11.4 Å². The molecule has 0 aliphatic heterocycles. The Morgan fingerprint density at radius 2 is 1.64 bits per heavy atom. The fourth-order valence-corrected chi connectivity index (χ4v) is 3.61. The fraction of sp³-hybridized carbons (Fsp3) is 0.519. The number of ether oxygens (including phenoxy) is 1. The first kappa shape index (κ1) is 24.7. The molecule has 0 spiro atoms. The summed E-state index contributed by atoms with van der Waals surface area (Å²) in [6.45, 7) is 15.4. The van der Waals surface area contributed by atoms with E-state index in [1.807, 2.05) is 6.07 Å². The van der Waals surface area contributed by atoms with E-state index in [0.717, 1.165) is 36.8 Å². The Labute approximate surface area is 197 Å². The van der Waals surface area contributed by atoms with Gasteiger partial charge in [0.15, 0.2) is 0 Å². The zero-order valence-electron chi connectivity index (χ0n) is 21.0. The molecule has 0 bridgehead atoms. The molecule has 1 N–H and O–H groups in total. The summed E-state index contributed by atoms with van der Waals surface area (Å²) in [5.41, 5.74) is 3.98. The smallest absolute Gasteiger partial charge is 0.338 e. The Morgan fingerprint density at radius 1 is 0.970 bits per heavy atom. The summed E-state index contributed by atoms with van der Waals surface area (Å²) in [6, 6.07) is 9.27. The third kappa shape index (κ3) is 5.05. The normalized spacial score (nSPS) is 12.3. The molecular weight excluding hydrogens is 414 g/mol. The lowest BCUT2D eigenvalue weighted by Crippen LogP contribution is -2.21. The van der Waals surface area contributed by atoms with Gasteiger partial charge in [-0.3, -0.25) is 0 Å². The number of unbranched alkanes of at least 4 members (excludes halogenated alkanes) is 1. The molecule has 178 valence electrons. The number of carbonyl (C=O) groups excluding carboxylic acids is 1. The maximum absolute atomic E-state index is 12.4. The molecule has 0 atom stereocenters. The number of aromatic hydroxyl groups is 1. The monoisotopic (exact) mass is 451 g/mol. The van der Waals surface area contributed by atoms with Crippen molar-refractivity contribution < 1.29 is 14.6 Å². The van der Waals surface area contributed by atoms with Gasteiger partial charge in [0, 0.05) is 5.56 Å². The lowest BCUT2D eigenvalue weighted by Gasteiger charge is -2.30. The van der Waals surface area contributed by atoms with Crippen LogP contribution in [0.1, 0.15) is 95.6 Å². The van der Waals surface area contributed by atoms with Crippen molar-refractivity contribution in [3.05, 3.63) is 47.0 Å². The van der Waals surface area contributed by atoms with Crippen LogP contribution in [0.2, 0.25) is 0 Å². The summed E-state index contributed by atoms with van der Waals surface area (Å²) in [7, 11) is 0. The first-order chi connectivity index (χ1) is 15.5. The van der Waals surface area contributed by atoms with E-state index in [-0.39, 0.29) is 22.5 Å². The number of phenolic OH excluding ortho intramolecular Hbond substituents is 1. The maximum Gasteiger partial charge on any atom is 0.338 e. The van der Waals surface area contributed by atoms with Gasteiger partial charge < -0.3 is 9.84 Å². The van der Waals surface area contributed by atoms with E-state index in [0.29, 0.717) is 28.9 Å². The highest BCUT2D eigenvalue weighted by atomic mass is 16.5. The Morgan fingerprint density at radius 3 is 2.27 bits per heavy atom. The molecule has 0 amide bonds. The summed E-state index contributed by atoms with van der Waals surface area (Å²) in [5.74, 6) is -0.168. The number of hydrogen-bond donors (Lipinski definition) is 1. The number of carbonyl (C=O) groups is 1. The summed E-state index contributed by atoms with van der Waals surface area (Å²) in [5, 5.41) is 20.5. The molecule has 33 heavy (non-hydrogen) atoms. The number of esters is 1. The predicted molar refractivity (Wildman–Crippen MR) is 132 cm³/mol. The molecule has 6 nitrogen and oxygen atoms in total. The van der Waals surface area contributed by atoms with Crippen LogP contribution in [0.4, 0.5) is 0 Å². The second-order valence-electron chi connectivity index (χ2n) is 10.0. The van der Waals surface area contributed by atoms with Gasteiger partial charge in [-0.2, -0.15) is 0 Å². The Kier molecular flexibility index (Phi) is 7.15. The largest absolute Gasteiger partial charge is 0.505 e. The minimum Gasteiger partial charge on any atom is -0.505 e. The molecule has 0 saturated carbocycles. The minimum absolute atomic E-state index is 0.0665. The van der Waals surface area contributed by atoms with Gasteiger partial charge in [0.1, 0.15) is 22.5 Å². The van der Waals surface area contributed by atoms with E-state index in [1.165, 1.54) is 4.80 Å². The number of hydrogen-bond acceptors (Lipinski definition) is 5. The Bertz CT molecular complexity index is 1140. The summed E-state index contributed by atoms with van der Waals surface area (Å²) >= 11 is 0. The fourth-order valence-electron chi connectivity index (χ4n) is 3.61. The first-order valence-corrected chi connectivity index (χ1v) is 12.0. The lowest BCUT2D eigenvalue weighted by molar-refractivity contribution is 0.0500. The second-order valence-corrected chi connectivity index (χ2v) is 10.0. The second kappa shape index (κ2) is 9.54. The van der Waals surface area contributed by atoms with Crippen molar-refractivity contribution in [3.63, 3.8) is 0 Å². The van der Waals surface area contributed by atoms with Crippen molar-refractivity contribution in [1.82, 2.24) is 15.0 Å². The quantitative estimate of drug-likeness (QED) is 0.298. The van der Waals surface area contributed by atoms with E-state index >= 15 is 0 Å². The van der Waals surface area contributed by atoms with E-state index < -0.39 is 0 Å². The van der Waals surface area contributed by atoms with Gasteiger partial charge in [0.25, 0.3) is 0 Å². The highest BCUT2D eigenvalue weighted by molar-refractivity contribution is 5.93. The van der Waals surface area contributed by atoms with Crippen molar-refractivity contribution in [2.24, 2.45) is 0 Å². The molecule has 2 aromatic carbocycles. The van der Waals surface area contributed by atoms with Crippen LogP contribution in [0.5, 0.6) is 5.75 Å². The topological polar surface area (TPSA) is 77.2 Å². The lowest BCUT2D eigenvalue weighted by atomic mass is 9.76. The van der Waals surface area contributed by atoms with Gasteiger partial charge in [0.05, 0.1) is 12.2 Å². The van der Waals surface area contributed by atoms with Crippen molar-refractivity contribution in [2.45, 2.75) is 85.0 Å². The molecule has 6 heteroatoms. The van der Waals surface area contributed by atoms with E-state index in [1.54, 1.807) is 18.2 Å². The number of nitrogens with zero attached hydrogens (tertiary/aromatic N) is 3. The summed E-state index contributed by atoms with van der Waals surface area (Å²) in [6.07, 6.45) is 3.65. The van der Waals surface area contributed by atoms with Gasteiger partial charge >= 0.3 is 5.97 Å². The number of aromatic nitrogens is 3. The van der Waals surface area contributed by atoms with Crippen LogP contribution in [-0.4, -0.2) is 32.7 Å². The molecule has 0 saturated heterocycles. The highest BCUT2D eigenvalue weighted by Gasteiger charge is 2.29. The number of phenols is 1. The molecule has 0 fully saturated rings. The first-order valence-electron chi connectivity index (χ1n) is 12.0. The SMILES string of the molecule is CCCCOC(=O)c1ccc2nn(-c3cc(C(C)(C)CC)cc(C(C)(C)CC)c3O)nc2c1. The number of rotatable bonds is 9. The molecule has 0 aliphatic rings. The standard InChI is InChI=1S/C27H37N3O3/c1-8-11-14-33-25(32)18-12-13-21-22(15-18)29-30(28-21)23-17-19(26(4,5)9-2)16-20(24(23)31)27(6,7)10-3/h12-13,15-17,31H,8-11,14H2,1-7H3. The van der Waals surface area contributed by atoms with Crippen LogP contribution < -0.4 is 0 Å². The van der Waals surface area contributed by atoms with E-state index in [9.17, 15) is 9.90 Å². The molecule has 0 unspecified atom stereocenters. The van der Waals surface area contributed by atoms with Crippen molar-refractivity contribution >= 4 is 17.0 Å². The molecule has 1 heterocycles. The van der Waals surface area contributed by atoms with E-state index in [4.69, 9.17) is 4.74 Å². The molecule has 3 aromatic rings. The molecule has 0 aliphatic carbocycles. The highest BCUT2D eigenvalue weighted by Crippen LogP contribution is 2.41. The molecule has 3 rings (SSSR count). The van der Waals surface area contributed by atoms with Crippen LogP contribution in [0.15, 0.2) is 30.3 Å². The average molecular weight is 452 g/mol. The summed E-state index contributed by atoms with van der Waals surface area (Å²) in [4.78, 5) is 13.8. The zero-order chi connectivity index (χ0) is 24.4. The number of fused-ring (bicyclic) bond motifs is 1. The Hall–Kier alpha value is -2.89. The number of benzene rings is 2. The van der Waals surface area contributed by atoms with Crippen molar-refractivity contribution in [1.29, 1.82) is 0 Å². The Balaban J connectivity index is 2.11. The summed E-state index contributed by atoms with van der Waals surface area (Å²) < 4.78 is 5.33. The molecule has 1 aromatic heterocycles. The van der Waals surface area contributed by atoms with Gasteiger partial charge in [-0.05, 0) is 59.9 Å². The van der Waals surface area contributed by atoms with Crippen LogP contribution >= 0.6 is 0 Å². The van der Waals surface area contributed by atoms with E-state index in [2.05, 4.69) is 64.7 Å². The molecular formula is C27H37N3O3. The molecule has 0 radical (unpaired) electrons. The average Bonchev–Trinajstić information content (AvgIpc) is 3.22. The predicted octanol–water partition coefficient (Wildman–Crippen LogP) is 6.46. The zero-order valence-corrected chi connectivity index (χ0v) is 21.0. The minimum atomic E-state index is -0.360. The van der Waals surface area contributed by atoms with Gasteiger partial charge in [0.2, 0.25) is 0 Å². The van der Waals surface area contributed by atoms with Gasteiger partial charge in [-0.25, -0.2) is 4.79 Å². The van der Waals surface area contributed by atoms with Crippen LogP contribution in [0, 0.1) is 0 Å². The van der Waals surface area contributed by atoms with Gasteiger partial charge in [-0.1, -0.05) is 61.0 Å². The van der Waals surface area contributed by atoms with Crippen LogP contribution in [-0.2, 0) is 15.6 Å². The third-order valence-electron chi connectivity index (χ3n) is 6.93. The van der Waals surface area contributed by atoms with Crippen LogP contribution in [0.3, 0.4) is 0 Å². The van der Waals surface area contributed by atoms with Gasteiger partial charge in [-0.15, -0.1) is 15.0 Å². The maximum atomic E-state index is 12.4. The third-order valence-corrected chi connectivity index (χ3v) is 6.93.